The molecule has 2 heterocycles. The molecule has 4 rings (SSSR count). The van der Waals surface area contributed by atoms with Gasteiger partial charge in [-0.2, -0.15) is 0 Å². The van der Waals surface area contributed by atoms with Gasteiger partial charge in [0.15, 0.2) is 11.1 Å². The largest absolute Gasteiger partial charge is 0.450 e. The van der Waals surface area contributed by atoms with Gasteiger partial charge in [0.1, 0.15) is 6.10 Å². The van der Waals surface area contributed by atoms with Crippen LogP contribution in [-0.4, -0.2) is 51.8 Å². The molecule has 0 radical (unpaired) electrons. The molecule has 126 valence electrons. The number of halogens is 1. The number of carbonyl (C=O) groups excluding carboxylic acids is 2. The van der Waals surface area contributed by atoms with E-state index >= 15 is 0 Å². The number of esters is 1. The predicted octanol–water partition coefficient (Wildman–Crippen LogP) is 0.105. The van der Waals surface area contributed by atoms with E-state index in [2.05, 4.69) is 5.32 Å². The van der Waals surface area contributed by atoms with E-state index in [9.17, 15) is 19.8 Å². The molecule has 0 aromatic rings. The van der Waals surface area contributed by atoms with Crippen molar-refractivity contribution in [3.63, 3.8) is 0 Å². The number of aliphatic hydroxyl groups is 2. The number of rotatable bonds is 5. The number of fused-ring (bicyclic) bond motifs is 1. The summed E-state index contributed by atoms with van der Waals surface area (Å²) in [5, 5.41) is 23.8. The van der Waals surface area contributed by atoms with Gasteiger partial charge < -0.3 is 20.3 Å². The maximum absolute atomic E-state index is 12.3. The summed E-state index contributed by atoms with van der Waals surface area (Å²) < 4.78 is 5.45. The lowest BCUT2D eigenvalue weighted by molar-refractivity contribution is -0.200. The molecule has 6 atom stereocenters. The highest BCUT2D eigenvalue weighted by atomic mass is 35.5. The number of piperidine rings is 1. The lowest BCUT2D eigenvalue weighted by atomic mass is 9.78. The fourth-order valence-electron chi connectivity index (χ4n) is 5.38. The van der Waals surface area contributed by atoms with Crippen LogP contribution >= 0.6 is 11.6 Å². The van der Waals surface area contributed by atoms with Gasteiger partial charge in [-0.05, 0) is 25.7 Å². The molecule has 0 aromatic heterocycles. The first-order valence-corrected chi connectivity index (χ1v) is 8.64. The second kappa shape index (κ2) is 4.71. The molecule has 23 heavy (non-hydrogen) atoms. The molecule has 1 amide bonds. The molecule has 6 nitrogen and oxygen atoms in total. The zero-order valence-corrected chi connectivity index (χ0v) is 13.4. The molecule has 1 spiro atoms. The van der Waals surface area contributed by atoms with Gasteiger partial charge in [-0.25, -0.2) is 4.79 Å². The minimum atomic E-state index is -1.28. The number of aliphatic hydroxyl groups excluding tert-OH is 2. The van der Waals surface area contributed by atoms with Gasteiger partial charge >= 0.3 is 5.97 Å². The lowest BCUT2D eigenvalue weighted by Gasteiger charge is -2.41. The van der Waals surface area contributed by atoms with Crippen LogP contribution in [0.3, 0.4) is 0 Å². The number of carbonyl (C=O) groups is 2. The van der Waals surface area contributed by atoms with Crippen LogP contribution in [0.1, 0.15) is 25.7 Å². The highest BCUT2D eigenvalue weighted by Gasteiger charge is 3.07. The number of hydrogen-bond donors (Lipinski definition) is 3. The van der Waals surface area contributed by atoms with Crippen molar-refractivity contribution in [2.24, 2.45) is 17.3 Å². The van der Waals surface area contributed by atoms with E-state index < -0.39 is 41.2 Å². The van der Waals surface area contributed by atoms with E-state index in [-0.39, 0.29) is 17.7 Å². The minimum Gasteiger partial charge on any atom is -0.450 e. The average molecular weight is 342 g/mol. The average Bonchev–Trinajstić information content (AvgIpc) is 2.82. The van der Waals surface area contributed by atoms with E-state index in [1.807, 2.05) is 12.2 Å². The molecule has 2 aliphatic heterocycles. The Kier molecular flexibility index (Phi) is 3.16. The summed E-state index contributed by atoms with van der Waals surface area (Å²) in [6.45, 7) is -0.396. The van der Waals surface area contributed by atoms with E-state index in [1.54, 1.807) is 0 Å². The van der Waals surface area contributed by atoms with Crippen molar-refractivity contribution in [3.05, 3.63) is 12.2 Å². The van der Waals surface area contributed by atoms with Gasteiger partial charge in [0.2, 0.25) is 5.91 Å². The zero-order valence-electron chi connectivity index (χ0n) is 12.6. The Morgan fingerprint density at radius 3 is 2.83 bits per heavy atom. The van der Waals surface area contributed by atoms with Crippen molar-refractivity contribution in [3.8, 4) is 0 Å². The Labute approximate surface area is 138 Å². The Balaban J connectivity index is 1.75. The maximum Gasteiger partial charge on any atom is 0.337 e. The second-order valence-corrected chi connectivity index (χ2v) is 7.37. The van der Waals surface area contributed by atoms with Crippen LogP contribution in [0.4, 0.5) is 0 Å². The summed E-state index contributed by atoms with van der Waals surface area (Å²) in [5.74, 6) is -1.39. The highest BCUT2D eigenvalue weighted by molar-refractivity contribution is 6.18. The van der Waals surface area contributed by atoms with Crippen LogP contribution in [0.5, 0.6) is 0 Å². The van der Waals surface area contributed by atoms with Crippen LogP contribution in [-0.2, 0) is 14.3 Å². The third kappa shape index (κ3) is 1.37. The van der Waals surface area contributed by atoms with E-state index in [0.717, 1.165) is 19.3 Å². The van der Waals surface area contributed by atoms with Gasteiger partial charge in [0.05, 0.1) is 17.9 Å². The number of allylic oxidation sites excluding steroid dienone is 1. The SMILES string of the molecule is O=C1NC23C(=O)OC2([C@@H](O)[C@@H]2C=CCCC2)[C@]3(CO)[C@H]1CCCl. The van der Waals surface area contributed by atoms with Crippen LogP contribution in [0, 0.1) is 17.3 Å². The van der Waals surface area contributed by atoms with Gasteiger partial charge in [-0.3, -0.25) is 4.79 Å². The normalized spacial score (nSPS) is 48.0. The number of ether oxygens (including phenoxy) is 1. The Hall–Kier alpha value is -1.11. The fraction of sp³-hybridized carbons (Fsp3) is 0.750. The smallest absolute Gasteiger partial charge is 0.337 e. The summed E-state index contributed by atoms with van der Waals surface area (Å²) in [6, 6.07) is 0. The third-order valence-electron chi connectivity index (χ3n) is 6.37. The van der Waals surface area contributed by atoms with Crippen LogP contribution < -0.4 is 5.32 Å². The number of hydrogen-bond acceptors (Lipinski definition) is 5. The van der Waals surface area contributed by atoms with E-state index in [0.29, 0.717) is 6.42 Å². The molecule has 2 saturated heterocycles. The molecule has 3 N–H and O–H groups in total. The predicted molar refractivity (Wildman–Crippen MR) is 80.5 cm³/mol. The van der Waals surface area contributed by atoms with Crippen molar-refractivity contribution in [2.45, 2.75) is 42.9 Å². The molecule has 4 aliphatic rings. The monoisotopic (exact) mass is 341 g/mol. The van der Waals surface area contributed by atoms with E-state index in [4.69, 9.17) is 16.3 Å². The fourth-order valence-corrected chi connectivity index (χ4v) is 5.60. The molecule has 2 aliphatic carbocycles. The standard InChI is InChI=1S/C16H20ClNO5/c17-7-6-10-12(21)18-15-13(22)23-16(15,14(10,15)8-19)11(20)9-4-2-1-3-5-9/h2,4,9-11,19-20H,1,3,5-8H2,(H,18,21)/t9-,10+,11+,14-,15?,16?/m1/s1. The van der Waals surface area contributed by atoms with Crippen molar-refractivity contribution < 1.29 is 24.5 Å². The quantitative estimate of drug-likeness (QED) is 0.374. The summed E-state index contributed by atoms with van der Waals surface area (Å²) in [4.78, 5) is 24.5. The topological polar surface area (TPSA) is 95.9 Å². The Bertz CT molecular complexity index is 609. The zero-order chi connectivity index (χ0) is 16.5. The first-order valence-electron chi connectivity index (χ1n) is 8.10. The highest BCUT2D eigenvalue weighted by Crippen LogP contribution is 2.82. The second-order valence-electron chi connectivity index (χ2n) is 6.99. The Morgan fingerprint density at radius 2 is 2.26 bits per heavy atom. The van der Waals surface area contributed by atoms with Crippen molar-refractivity contribution in [1.82, 2.24) is 5.32 Å². The first-order chi connectivity index (χ1) is 11.0. The van der Waals surface area contributed by atoms with E-state index in [1.165, 1.54) is 0 Å². The molecule has 1 saturated carbocycles. The number of alkyl halides is 1. The third-order valence-corrected chi connectivity index (χ3v) is 6.59. The van der Waals surface area contributed by atoms with Crippen LogP contribution in [0.25, 0.3) is 0 Å². The van der Waals surface area contributed by atoms with Gasteiger partial charge in [0, 0.05) is 11.8 Å². The summed E-state index contributed by atoms with van der Waals surface area (Å²) >= 11 is 5.81. The van der Waals surface area contributed by atoms with Gasteiger partial charge in [-0.1, -0.05) is 12.2 Å². The Morgan fingerprint density at radius 1 is 1.48 bits per heavy atom. The van der Waals surface area contributed by atoms with Crippen LogP contribution in [0.15, 0.2) is 12.2 Å². The first kappa shape index (κ1) is 15.4. The van der Waals surface area contributed by atoms with Crippen molar-refractivity contribution in [1.29, 1.82) is 0 Å². The summed E-state index contributed by atoms with van der Waals surface area (Å²) in [5.41, 5.74) is -3.61. The summed E-state index contributed by atoms with van der Waals surface area (Å²) in [6.07, 6.45) is 6.07. The summed E-state index contributed by atoms with van der Waals surface area (Å²) in [7, 11) is 0. The minimum absolute atomic E-state index is 0.142. The molecule has 0 aromatic carbocycles. The number of nitrogens with one attached hydrogen (secondary N) is 1. The molecular weight excluding hydrogens is 322 g/mol. The van der Waals surface area contributed by atoms with Crippen molar-refractivity contribution >= 4 is 23.5 Å². The van der Waals surface area contributed by atoms with Crippen molar-refractivity contribution in [2.75, 3.05) is 12.5 Å². The van der Waals surface area contributed by atoms with Gasteiger partial charge in [-0.15, -0.1) is 11.6 Å². The molecule has 3 fully saturated rings. The molecule has 2 unspecified atom stereocenters. The molecule has 7 heteroatoms. The van der Waals surface area contributed by atoms with Crippen LogP contribution in [0.2, 0.25) is 0 Å². The lowest BCUT2D eigenvalue weighted by Crippen LogP contribution is -2.65. The maximum atomic E-state index is 12.3. The molecule has 0 bridgehead atoms. The van der Waals surface area contributed by atoms with Gasteiger partial charge in [0.25, 0.3) is 0 Å². The number of amides is 1. The molecular formula is C16H20ClNO5.